The van der Waals surface area contributed by atoms with Gasteiger partial charge in [-0.3, -0.25) is 0 Å². The molecule has 18 heavy (non-hydrogen) atoms. The molecule has 0 atom stereocenters. The summed E-state index contributed by atoms with van der Waals surface area (Å²) >= 11 is 6.06. The Morgan fingerprint density at radius 3 is 2.50 bits per heavy atom. The van der Waals surface area contributed by atoms with Gasteiger partial charge in [0.25, 0.3) is 0 Å². The maximum absolute atomic E-state index is 6.06. The normalized spacial score (nSPS) is 10.9. The molecule has 0 saturated heterocycles. The molecule has 0 aliphatic carbocycles. The van der Waals surface area contributed by atoms with Crippen LogP contribution >= 0.6 is 11.6 Å². The maximum Gasteiger partial charge on any atom is 0.133 e. The predicted molar refractivity (Wildman–Crippen MR) is 75.6 cm³/mol. The number of halogens is 1. The first kappa shape index (κ1) is 13.0. The summed E-state index contributed by atoms with van der Waals surface area (Å²) in [5.74, 6) is 1.47. The molecule has 0 radical (unpaired) electrons. The standard InChI is InChI=1S/C15H17ClN2/c1-11(2)8-9-15-17-13(10-14(16)18-15)12-6-4-3-5-7-12/h3-7,10-11H,8-9H2,1-2H3. The van der Waals surface area contributed by atoms with Gasteiger partial charge in [-0.15, -0.1) is 0 Å². The zero-order valence-corrected chi connectivity index (χ0v) is 11.5. The Labute approximate surface area is 113 Å². The number of benzene rings is 1. The molecule has 0 spiro atoms. The molecule has 1 heterocycles. The van der Waals surface area contributed by atoms with E-state index in [2.05, 4.69) is 23.8 Å². The SMILES string of the molecule is CC(C)CCc1nc(Cl)cc(-c2ccccc2)n1. The Bertz CT molecular complexity index is 509. The minimum absolute atomic E-state index is 0.516. The summed E-state index contributed by atoms with van der Waals surface area (Å²) in [7, 11) is 0. The molecule has 94 valence electrons. The van der Waals surface area contributed by atoms with Crippen molar-refractivity contribution in [2.75, 3.05) is 0 Å². The molecule has 0 amide bonds. The average Bonchev–Trinajstić information content (AvgIpc) is 2.37. The van der Waals surface area contributed by atoms with E-state index < -0.39 is 0 Å². The highest BCUT2D eigenvalue weighted by molar-refractivity contribution is 6.29. The van der Waals surface area contributed by atoms with Crippen LogP contribution in [0.15, 0.2) is 36.4 Å². The first-order chi connectivity index (χ1) is 8.65. The van der Waals surface area contributed by atoms with Gasteiger partial charge in [-0.1, -0.05) is 55.8 Å². The summed E-state index contributed by atoms with van der Waals surface area (Å²) in [5, 5.41) is 0.516. The van der Waals surface area contributed by atoms with E-state index in [0.29, 0.717) is 11.1 Å². The van der Waals surface area contributed by atoms with Crippen molar-refractivity contribution in [3.05, 3.63) is 47.4 Å². The number of nitrogens with zero attached hydrogens (tertiary/aromatic N) is 2. The Balaban J connectivity index is 2.27. The lowest BCUT2D eigenvalue weighted by molar-refractivity contribution is 0.575. The molecule has 0 fully saturated rings. The van der Waals surface area contributed by atoms with E-state index in [0.717, 1.165) is 29.9 Å². The summed E-state index contributed by atoms with van der Waals surface area (Å²) in [6, 6.07) is 11.9. The molecule has 2 rings (SSSR count). The van der Waals surface area contributed by atoms with Crippen LogP contribution in [0.25, 0.3) is 11.3 Å². The lowest BCUT2D eigenvalue weighted by atomic mass is 10.1. The summed E-state index contributed by atoms with van der Waals surface area (Å²) in [6.45, 7) is 4.39. The van der Waals surface area contributed by atoms with Crippen LogP contribution < -0.4 is 0 Å². The summed E-state index contributed by atoms with van der Waals surface area (Å²) in [5.41, 5.74) is 1.97. The van der Waals surface area contributed by atoms with Gasteiger partial charge in [-0.2, -0.15) is 0 Å². The van der Waals surface area contributed by atoms with E-state index >= 15 is 0 Å². The number of hydrogen-bond acceptors (Lipinski definition) is 2. The Morgan fingerprint density at radius 2 is 1.83 bits per heavy atom. The molecule has 3 heteroatoms. The van der Waals surface area contributed by atoms with Gasteiger partial charge in [-0.25, -0.2) is 9.97 Å². The molecule has 0 aliphatic rings. The zero-order chi connectivity index (χ0) is 13.0. The monoisotopic (exact) mass is 260 g/mol. The topological polar surface area (TPSA) is 25.8 Å². The van der Waals surface area contributed by atoms with Gasteiger partial charge in [0.2, 0.25) is 0 Å². The fraction of sp³-hybridized carbons (Fsp3) is 0.333. The third kappa shape index (κ3) is 3.54. The number of rotatable bonds is 4. The third-order valence-corrected chi connectivity index (χ3v) is 2.95. The molecule has 1 aromatic carbocycles. The lowest BCUT2D eigenvalue weighted by Crippen LogP contribution is -2.00. The average molecular weight is 261 g/mol. The lowest BCUT2D eigenvalue weighted by Gasteiger charge is -2.07. The second-order valence-electron chi connectivity index (χ2n) is 4.79. The van der Waals surface area contributed by atoms with Crippen LogP contribution in [0.5, 0.6) is 0 Å². The summed E-state index contributed by atoms with van der Waals surface area (Å²) in [6.07, 6.45) is 1.95. The maximum atomic E-state index is 6.06. The van der Waals surface area contributed by atoms with Crippen molar-refractivity contribution in [1.82, 2.24) is 9.97 Å². The third-order valence-electron chi connectivity index (χ3n) is 2.76. The van der Waals surface area contributed by atoms with E-state index in [-0.39, 0.29) is 0 Å². The van der Waals surface area contributed by atoms with Crippen LogP contribution in [-0.4, -0.2) is 9.97 Å². The van der Waals surface area contributed by atoms with Gasteiger partial charge in [0, 0.05) is 18.1 Å². The minimum Gasteiger partial charge on any atom is -0.233 e. The summed E-state index contributed by atoms with van der Waals surface area (Å²) in [4.78, 5) is 8.87. The predicted octanol–water partition coefficient (Wildman–Crippen LogP) is 4.39. The molecule has 2 nitrogen and oxygen atoms in total. The van der Waals surface area contributed by atoms with E-state index in [9.17, 15) is 0 Å². The quantitative estimate of drug-likeness (QED) is 0.762. The Kier molecular flexibility index (Phi) is 4.32. The molecule has 0 N–H and O–H groups in total. The van der Waals surface area contributed by atoms with Crippen LogP contribution in [0, 0.1) is 5.92 Å². The Hall–Kier alpha value is -1.41. The van der Waals surface area contributed by atoms with Crippen molar-refractivity contribution < 1.29 is 0 Å². The van der Waals surface area contributed by atoms with Crippen molar-refractivity contribution in [3.8, 4) is 11.3 Å². The molecule has 0 bridgehead atoms. The first-order valence-corrected chi connectivity index (χ1v) is 6.62. The number of aromatic nitrogens is 2. The van der Waals surface area contributed by atoms with Crippen LogP contribution in [0.2, 0.25) is 5.15 Å². The van der Waals surface area contributed by atoms with E-state index in [1.165, 1.54) is 0 Å². The van der Waals surface area contributed by atoms with Gasteiger partial charge < -0.3 is 0 Å². The van der Waals surface area contributed by atoms with Crippen LogP contribution in [0.4, 0.5) is 0 Å². The van der Waals surface area contributed by atoms with Crippen LogP contribution in [0.1, 0.15) is 26.1 Å². The first-order valence-electron chi connectivity index (χ1n) is 6.24. The second-order valence-corrected chi connectivity index (χ2v) is 5.18. The van der Waals surface area contributed by atoms with Crippen molar-refractivity contribution >= 4 is 11.6 Å². The molecular formula is C15H17ClN2. The number of aryl methyl sites for hydroxylation is 1. The van der Waals surface area contributed by atoms with E-state index in [4.69, 9.17) is 11.6 Å². The van der Waals surface area contributed by atoms with Gasteiger partial charge in [0.15, 0.2) is 0 Å². The van der Waals surface area contributed by atoms with Gasteiger partial charge >= 0.3 is 0 Å². The van der Waals surface area contributed by atoms with Gasteiger partial charge in [0.1, 0.15) is 11.0 Å². The fourth-order valence-corrected chi connectivity index (χ4v) is 1.95. The van der Waals surface area contributed by atoms with Crippen molar-refractivity contribution in [3.63, 3.8) is 0 Å². The van der Waals surface area contributed by atoms with E-state index in [1.807, 2.05) is 36.4 Å². The largest absolute Gasteiger partial charge is 0.233 e. The van der Waals surface area contributed by atoms with Gasteiger partial charge in [0.05, 0.1) is 5.69 Å². The van der Waals surface area contributed by atoms with Crippen molar-refractivity contribution in [2.45, 2.75) is 26.7 Å². The molecular weight excluding hydrogens is 244 g/mol. The molecule has 0 unspecified atom stereocenters. The minimum atomic E-state index is 0.516. The molecule has 2 aromatic rings. The molecule has 0 saturated carbocycles. The second kappa shape index (κ2) is 5.96. The summed E-state index contributed by atoms with van der Waals surface area (Å²) < 4.78 is 0. The van der Waals surface area contributed by atoms with E-state index in [1.54, 1.807) is 0 Å². The zero-order valence-electron chi connectivity index (χ0n) is 10.7. The van der Waals surface area contributed by atoms with Gasteiger partial charge in [-0.05, 0) is 12.3 Å². The van der Waals surface area contributed by atoms with Crippen molar-refractivity contribution in [1.29, 1.82) is 0 Å². The highest BCUT2D eigenvalue weighted by atomic mass is 35.5. The smallest absolute Gasteiger partial charge is 0.133 e. The highest BCUT2D eigenvalue weighted by Gasteiger charge is 2.06. The Morgan fingerprint density at radius 1 is 1.11 bits per heavy atom. The molecule has 0 aliphatic heterocycles. The highest BCUT2D eigenvalue weighted by Crippen LogP contribution is 2.20. The number of hydrogen-bond donors (Lipinski definition) is 0. The van der Waals surface area contributed by atoms with Crippen LogP contribution in [0.3, 0.4) is 0 Å². The van der Waals surface area contributed by atoms with Crippen LogP contribution in [-0.2, 0) is 6.42 Å². The van der Waals surface area contributed by atoms with Crippen molar-refractivity contribution in [2.24, 2.45) is 5.92 Å². The molecule has 1 aromatic heterocycles. The fourth-order valence-electron chi connectivity index (χ4n) is 1.75.